The molecule has 1 amide bonds. The zero-order valence-corrected chi connectivity index (χ0v) is 13.0. The Morgan fingerprint density at radius 2 is 2.05 bits per heavy atom. The van der Waals surface area contributed by atoms with Crippen LogP contribution in [0, 0.1) is 12.7 Å². The summed E-state index contributed by atoms with van der Waals surface area (Å²) in [5.74, 6) is -0.0699. The van der Waals surface area contributed by atoms with Crippen molar-refractivity contribution in [1.82, 2.24) is 9.80 Å². The van der Waals surface area contributed by atoms with Crippen molar-refractivity contribution in [3.8, 4) is 0 Å². The van der Waals surface area contributed by atoms with Crippen molar-refractivity contribution < 1.29 is 9.18 Å². The van der Waals surface area contributed by atoms with Gasteiger partial charge in [-0.25, -0.2) is 4.39 Å². The molecule has 1 saturated heterocycles. The van der Waals surface area contributed by atoms with Gasteiger partial charge < -0.3 is 10.2 Å². The number of hydrogen-bond acceptors (Lipinski definition) is 3. The van der Waals surface area contributed by atoms with Gasteiger partial charge in [0.15, 0.2) is 0 Å². The summed E-state index contributed by atoms with van der Waals surface area (Å²) < 4.78 is 13.3. The van der Waals surface area contributed by atoms with Crippen LogP contribution in [0.4, 0.5) is 10.1 Å². The molecule has 0 spiro atoms. The largest absolute Gasteiger partial charge is 0.382 e. The summed E-state index contributed by atoms with van der Waals surface area (Å²) in [6.07, 6.45) is 1.94. The van der Waals surface area contributed by atoms with Crippen LogP contribution in [0.3, 0.4) is 0 Å². The monoisotopic (exact) mass is 293 g/mol. The Balaban J connectivity index is 1.84. The van der Waals surface area contributed by atoms with Crippen LogP contribution in [-0.2, 0) is 4.79 Å². The Labute approximate surface area is 125 Å². The van der Waals surface area contributed by atoms with E-state index in [0.717, 1.165) is 37.2 Å². The molecule has 1 aliphatic rings. The molecule has 0 unspecified atom stereocenters. The molecule has 0 atom stereocenters. The van der Waals surface area contributed by atoms with Gasteiger partial charge in [-0.1, -0.05) is 6.07 Å². The molecule has 116 valence electrons. The van der Waals surface area contributed by atoms with Crippen molar-refractivity contribution in [3.05, 3.63) is 29.6 Å². The van der Waals surface area contributed by atoms with Crippen molar-refractivity contribution in [3.63, 3.8) is 0 Å². The molecule has 21 heavy (non-hydrogen) atoms. The molecule has 0 aromatic heterocycles. The fraction of sp³-hybridized carbons (Fsp3) is 0.562. The Hall–Kier alpha value is -1.62. The molecule has 1 N–H and O–H groups in total. The molecule has 0 saturated carbocycles. The fourth-order valence-corrected chi connectivity index (χ4v) is 2.54. The summed E-state index contributed by atoms with van der Waals surface area (Å²) in [5.41, 5.74) is 1.93. The number of piperidine rings is 1. The smallest absolute Gasteiger partial charge is 0.236 e. The number of rotatable bonds is 4. The summed E-state index contributed by atoms with van der Waals surface area (Å²) in [4.78, 5) is 15.5. The summed E-state index contributed by atoms with van der Waals surface area (Å²) in [6.45, 7) is 4.25. The Morgan fingerprint density at radius 1 is 1.38 bits per heavy atom. The lowest BCUT2D eigenvalue weighted by atomic mass is 10.0. The average molecular weight is 293 g/mol. The summed E-state index contributed by atoms with van der Waals surface area (Å²) in [5, 5.41) is 3.42. The maximum atomic E-state index is 13.3. The van der Waals surface area contributed by atoms with Crippen LogP contribution < -0.4 is 5.32 Å². The minimum absolute atomic E-state index is 0.141. The van der Waals surface area contributed by atoms with Crippen LogP contribution in [0.15, 0.2) is 18.2 Å². The third kappa shape index (κ3) is 4.43. The van der Waals surface area contributed by atoms with Gasteiger partial charge in [0.2, 0.25) is 5.91 Å². The molecule has 0 radical (unpaired) electrons. The van der Waals surface area contributed by atoms with Gasteiger partial charge in [0, 0.05) is 38.9 Å². The van der Waals surface area contributed by atoms with E-state index in [4.69, 9.17) is 0 Å². The number of carbonyl (C=O) groups excluding carboxylic acids is 1. The first kappa shape index (κ1) is 15.8. The van der Waals surface area contributed by atoms with Gasteiger partial charge in [-0.3, -0.25) is 9.69 Å². The number of likely N-dealkylation sites (tertiary alicyclic amines) is 1. The topological polar surface area (TPSA) is 35.6 Å². The number of carbonyl (C=O) groups is 1. The molecular weight excluding hydrogens is 269 g/mol. The fourth-order valence-electron chi connectivity index (χ4n) is 2.54. The third-order valence-electron chi connectivity index (χ3n) is 4.00. The standard InChI is InChI=1S/C16H24FN3O/c1-12-4-5-13(17)10-15(12)18-14-6-8-20(9-7-14)11-16(21)19(2)3/h4-5,10,14,18H,6-9,11H2,1-3H3. The Bertz CT molecular complexity index is 496. The van der Waals surface area contributed by atoms with Crippen molar-refractivity contribution in [2.24, 2.45) is 0 Å². The number of benzene rings is 1. The van der Waals surface area contributed by atoms with Crippen molar-refractivity contribution >= 4 is 11.6 Å². The SMILES string of the molecule is Cc1ccc(F)cc1NC1CCN(CC(=O)N(C)C)CC1. The summed E-state index contributed by atoms with van der Waals surface area (Å²) >= 11 is 0. The van der Waals surface area contributed by atoms with Gasteiger partial charge in [0.05, 0.1) is 6.54 Å². The van der Waals surface area contributed by atoms with Crippen molar-refractivity contribution in [1.29, 1.82) is 0 Å². The van der Waals surface area contributed by atoms with Crippen LogP contribution in [-0.4, -0.2) is 55.5 Å². The molecular formula is C16H24FN3O. The molecule has 5 heteroatoms. The number of hydrogen-bond donors (Lipinski definition) is 1. The minimum atomic E-state index is -0.211. The molecule has 1 aromatic carbocycles. The molecule has 1 aliphatic heterocycles. The first-order valence-electron chi connectivity index (χ1n) is 7.41. The van der Waals surface area contributed by atoms with Gasteiger partial charge >= 0.3 is 0 Å². The Kier molecular flexibility index (Phi) is 5.17. The third-order valence-corrected chi connectivity index (χ3v) is 4.00. The predicted molar refractivity (Wildman–Crippen MR) is 82.9 cm³/mol. The highest BCUT2D eigenvalue weighted by atomic mass is 19.1. The van der Waals surface area contributed by atoms with E-state index in [9.17, 15) is 9.18 Å². The summed E-state index contributed by atoms with van der Waals surface area (Å²) in [7, 11) is 3.56. The minimum Gasteiger partial charge on any atom is -0.382 e. The highest BCUT2D eigenvalue weighted by Gasteiger charge is 2.21. The Morgan fingerprint density at radius 3 is 2.67 bits per heavy atom. The predicted octanol–water partition coefficient (Wildman–Crippen LogP) is 2.10. The van der Waals surface area contributed by atoms with Crippen LogP contribution in [0.2, 0.25) is 0 Å². The van der Waals surface area contributed by atoms with Crippen LogP contribution >= 0.6 is 0 Å². The number of aryl methyl sites for hydroxylation is 1. The van der Waals surface area contributed by atoms with Crippen molar-refractivity contribution in [2.75, 3.05) is 39.0 Å². The first-order chi connectivity index (χ1) is 9.95. The quantitative estimate of drug-likeness (QED) is 0.923. The highest BCUT2D eigenvalue weighted by molar-refractivity contribution is 5.77. The second kappa shape index (κ2) is 6.89. The molecule has 4 nitrogen and oxygen atoms in total. The second-order valence-electron chi connectivity index (χ2n) is 5.94. The van der Waals surface area contributed by atoms with E-state index in [1.165, 1.54) is 6.07 Å². The van der Waals surface area contributed by atoms with Gasteiger partial charge in [0.1, 0.15) is 5.82 Å². The number of anilines is 1. The van der Waals surface area contributed by atoms with E-state index >= 15 is 0 Å². The van der Waals surface area contributed by atoms with E-state index < -0.39 is 0 Å². The molecule has 1 aromatic rings. The van der Waals surface area contributed by atoms with Crippen molar-refractivity contribution in [2.45, 2.75) is 25.8 Å². The zero-order chi connectivity index (χ0) is 15.4. The number of nitrogens with zero attached hydrogens (tertiary/aromatic N) is 2. The van der Waals surface area contributed by atoms with Crippen LogP contribution in [0.1, 0.15) is 18.4 Å². The summed E-state index contributed by atoms with van der Waals surface area (Å²) in [6, 6.07) is 5.17. The molecule has 1 fully saturated rings. The van der Waals surface area contributed by atoms with E-state index in [0.29, 0.717) is 12.6 Å². The first-order valence-corrected chi connectivity index (χ1v) is 7.41. The number of nitrogens with one attached hydrogen (secondary N) is 1. The van der Waals surface area contributed by atoms with E-state index in [1.54, 1.807) is 31.1 Å². The number of amides is 1. The zero-order valence-electron chi connectivity index (χ0n) is 13.0. The van der Waals surface area contributed by atoms with Gasteiger partial charge in [-0.15, -0.1) is 0 Å². The highest BCUT2D eigenvalue weighted by Crippen LogP contribution is 2.21. The molecule has 2 rings (SSSR count). The maximum Gasteiger partial charge on any atom is 0.236 e. The molecule has 1 heterocycles. The lowest BCUT2D eigenvalue weighted by Crippen LogP contribution is -2.44. The van der Waals surface area contributed by atoms with Gasteiger partial charge in [-0.05, 0) is 37.5 Å². The van der Waals surface area contributed by atoms with Gasteiger partial charge in [-0.2, -0.15) is 0 Å². The van der Waals surface area contributed by atoms with Crippen LogP contribution in [0.25, 0.3) is 0 Å². The van der Waals surface area contributed by atoms with E-state index in [-0.39, 0.29) is 11.7 Å². The average Bonchev–Trinajstić information content (AvgIpc) is 2.45. The molecule has 0 bridgehead atoms. The van der Waals surface area contributed by atoms with E-state index in [1.807, 2.05) is 6.92 Å². The lowest BCUT2D eigenvalue weighted by molar-refractivity contribution is -0.130. The lowest BCUT2D eigenvalue weighted by Gasteiger charge is -2.33. The normalized spacial score (nSPS) is 16.8. The van der Waals surface area contributed by atoms with E-state index in [2.05, 4.69) is 10.2 Å². The molecule has 0 aliphatic carbocycles. The van der Waals surface area contributed by atoms with Gasteiger partial charge in [0.25, 0.3) is 0 Å². The number of likely N-dealkylation sites (N-methyl/N-ethyl adjacent to an activating group) is 1. The van der Waals surface area contributed by atoms with Crippen LogP contribution in [0.5, 0.6) is 0 Å². The number of halogens is 1. The second-order valence-corrected chi connectivity index (χ2v) is 5.94. The maximum absolute atomic E-state index is 13.3.